The number of amides is 2. The maximum Gasteiger partial charge on any atom is 0.259 e. The number of anilines is 1. The van der Waals surface area contributed by atoms with E-state index in [4.69, 9.17) is 0 Å². The van der Waals surface area contributed by atoms with E-state index in [0.29, 0.717) is 5.56 Å². The molecule has 0 saturated carbocycles. The van der Waals surface area contributed by atoms with Gasteiger partial charge < -0.3 is 10.2 Å². The summed E-state index contributed by atoms with van der Waals surface area (Å²) in [7, 11) is 0. The summed E-state index contributed by atoms with van der Waals surface area (Å²) < 4.78 is 0. The van der Waals surface area contributed by atoms with Gasteiger partial charge in [-0.15, -0.1) is 0 Å². The molecule has 4 heteroatoms. The number of aryl methyl sites for hydroxylation is 1. The number of hydrogen-bond donors (Lipinski definition) is 1. The molecule has 2 aliphatic heterocycles. The Morgan fingerprint density at radius 3 is 2.45 bits per heavy atom. The van der Waals surface area contributed by atoms with E-state index in [-0.39, 0.29) is 29.8 Å². The van der Waals surface area contributed by atoms with Crippen LogP contribution in [0, 0.1) is 12.8 Å². The first-order chi connectivity index (χ1) is 14.1. The highest BCUT2D eigenvalue weighted by molar-refractivity contribution is 6.12. The molecule has 29 heavy (non-hydrogen) atoms. The molecule has 3 atom stereocenters. The third-order valence-corrected chi connectivity index (χ3v) is 6.13. The molecular weight excluding hydrogens is 360 g/mol. The largest absolute Gasteiger partial charge is 0.345 e. The van der Waals surface area contributed by atoms with Crippen molar-refractivity contribution in [3.63, 3.8) is 0 Å². The number of nitrogens with zero attached hydrogens (tertiary/aromatic N) is 1. The zero-order valence-corrected chi connectivity index (χ0v) is 16.4. The van der Waals surface area contributed by atoms with Crippen molar-refractivity contribution in [2.24, 2.45) is 5.92 Å². The van der Waals surface area contributed by atoms with Gasteiger partial charge in [-0.1, -0.05) is 61.0 Å². The van der Waals surface area contributed by atoms with Gasteiger partial charge in [0.1, 0.15) is 0 Å². The Labute approximate surface area is 170 Å². The molecule has 0 fully saturated rings. The van der Waals surface area contributed by atoms with Gasteiger partial charge in [-0.2, -0.15) is 0 Å². The van der Waals surface area contributed by atoms with Crippen LogP contribution in [0.5, 0.6) is 0 Å². The number of benzene rings is 3. The first-order valence-corrected chi connectivity index (χ1v) is 9.95. The predicted octanol–water partition coefficient (Wildman–Crippen LogP) is 4.82. The van der Waals surface area contributed by atoms with E-state index < -0.39 is 0 Å². The van der Waals surface area contributed by atoms with Crippen molar-refractivity contribution >= 4 is 17.5 Å². The van der Waals surface area contributed by atoms with Gasteiger partial charge in [0.05, 0.1) is 12.1 Å². The van der Waals surface area contributed by atoms with Crippen LogP contribution in [-0.4, -0.2) is 11.8 Å². The molecule has 3 aromatic rings. The van der Waals surface area contributed by atoms with E-state index >= 15 is 0 Å². The summed E-state index contributed by atoms with van der Waals surface area (Å²) >= 11 is 0. The third-order valence-electron chi connectivity index (χ3n) is 6.13. The van der Waals surface area contributed by atoms with Crippen LogP contribution >= 0.6 is 0 Å². The molecule has 0 aliphatic carbocycles. The highest BCUT2D eigenvalue weighted by Gasteiger charge is 2.48. The highest BCUT2D eigenvalue weighted by atomic mass is 16.2. The van der Waals surface area contributed by atoms with Gasteiger partial charge in [0.2, 0.25) is 0 Å². The summed E-state index contributed by atoms with van der Waals surface area (Å²) in [6.45, 7) is 4.15. The Kier molecular flexibility index (Phi) is 4.02. The SMILES string of the molecule is Cc1ccc2c(c1)[C@H](NC(=O)c1ccccc1)[C@@H](C)[C@@H]1c3ccccc3C(=O)N21. The predicted molar refractivity (Wildman–Crippen MR) is 113 cm³/mol. The third kappa shape index (κ3) is 2.67. The second kappa shape index (κ2) is 6.59. The fourth-order valence-corrected chi connectivity index (χ4v) is 4.75. The number of fused-ring (bicyclic) bond motifs is 5. The lowest BCUT2D eigenvalue weighted by molar-refractivity contribution is 0.0912. The Bertz CT molecular complexity index is 1120. The second-order valence-electron chi connectivity index (χ2n) is 7.95. The fourth-order valence-electron chi connectivity index (χ4n) is 4.75. The molecule has 0 saturated heterocycles. The van der Waals surface area contributed by atoms with E-state index in [1.165, 1.54) is 0 Å². The molecule has 4 nitrogen and oxygen atoms in total. The zero-order valence-electron chi connectivity index (χ0n) is 16.4. The highest BCUT2D eigenvalue weighted by Crippen LogP contribution is 2.52. The van der Waals surface area contributed by atoms with Crippen LogP contribution in [0.4, 0.5) is 5.69 Å². The van der Waals surface area contributed by atoms with Gasteiger partial charge >= 0.3 is 0 Å². The van der Waals surface area contributed by atoms with E-state index in [1.807, 2.05) is 78.6 Å². The van der Waals surface area contributed by atoms with E-state index in [0.717, 1.165) is 27.9 Å². The average Bonchev–Trinajstić information content (AvgIpc) is 3.04. The lowest BCUT2D eigenvalue weighted by atomic mass is 9.80. The molecule has 1 N–H and O–H groups in total. The lowest BCUT2D eigenvalue weighted by Crippen LogP contribution is -2.44. The lowest BCUT2D eigenvalue weighted by Gasteiger charge is -2.42. The van der Waals surface area contributed by atoms with Crippen molar-refractivity contribution in [3.05, 3.63) is 101 Å². The van der Waals surface area contributed by atoms with Crippen LogP contribution in [-0.2, 0) is 0 Å². The summed E-state index contributed by atoms with van der Waals surface area (Å²) in [5.41, 5.74) is 5.43. The maximum absolute atomic E-state index is 13.2. The fraction of sp³-hybridized carbons (Fsp3) is 0.200. The van der Waals surface area contributed by atoms with Crippen molar-refractivity contribution in [1.82, 2.24) is 5.32 Å². The van der Waals surface area contributed by atoms with Crippen molar-refractivity contribution in [1.29, 1.82) is 0 Å². The van der Waals surface area contributed by atoms with Gasteiger partial charge in [0.15, 0.2) is 0 Å². The average molecular weight is 382 g/mol. The van der Waals surface area contributed by atoms with Crippen molar-refractivity contribution in [2.45, 2.75) is 25.9 Å². The van der Waals surface area contributed by atoms with Crippen molar-refractivity contribution in [3.8, 4) is 0 Å². The number of nitrogens with one attached hydrogen (secondary N) is 1. The molecule has 2 aliphatic rings. The van der Waals surface area contributed by atoms with Crippen molar-refractivity contribution < 1.29 is 9.59 Å². The van der Waals surface area contributed by atoms with Crippen molar-refractivity contribution in [2.75, 3.05) is 4.90 Å². The molecule has 0 radical (unpaired) electrons. The summed E-state index contributed by atoms with van der Waals surface area (Å²) in [4.78, 5) is 28.1. The topological polar surface area (TPSA) is 49.4 Å². The summed E-state index contributed by atoms with van der Waals surface area (Å²) in [5, 5.41) is 3.25. The summed E-state index contributed by atoms with van der Waals surface area (Å²) in [6, 6.07) is 22.9. The minimum absolute atomic E-state index is 0.0320. The van der Waals surface area contributed by atoms with Gasteiger partial charge in [-0.05, 0) is 42.3 Å². The Morgan fingerprint density at radius 1 is 0.931 bits per heavy atom. The molecule has 0 spiro atoms. The smallest absolute Gasteiger partial charge is 0.259 e. The minimum Gasteiger partial charge on any atom is -0.345 e. The number of rotatable bonds is 2. The molecule has 0 bridgehead atoms. The van der Waals surface area contributed by atoms with Gasteiger partial charge in [0.25, 0.3) is 11.8 Å². The zero-order chi connectivity index (χ0) is 20.1. The van der Waals surface area contributed by atoms with Crippen LogP contribution in [0.1, 0.15) is 56.4 Å². The molecule has 0 aromatic heterocycles. The van der Waals surface area contributed by atoms with E-state index in [1.54, 1.807) is 0 Å². The molecule has 3 aromatic carbocycles. The molecule has 0 unspecified atom stereocenters. The maximum atomic E-state index is 13.2. The Balaban J connectivity index is 1.62. The van der Waals surface area contributed by atoms with Gasteiger partial charge in [-0.3, -0.25) is 9.59 Å². The minimum atomic E-state index is -0.183. The number of hydrogen-bond acceptors (Lipinski definition) is 2. The second-order valence-corrected chi connectivity index (χ2v) is 7.95. The molecule has 2 amide bonds. The van der Waals surface area contributed by atoms with Crippen LogP contribution in [0.25, 0.3) is 0 Å². The quantitative estimate of drug-likeness (QED) is 0.691. The number of carbonyl (C=O) groups is 2. The van der Waals surface area contributed by atoms with E-state index in [2.05, 4.69) is 18.3 Å². The molecular formula is C25H22N2O2. The normalized spacial score (nSPS) is 21.9. The Morgan fingerprint density at radius 2 is 1.66 bits per heavy atom. The first-order valence-electron chi connectivity index (χ1n) is 9.95. The molecule has 2 heterocycles. The van der Waals surface area contributed by atoms with Gasteiger partial charge in [0, 0.05) is 22.7 Å². The Hall–Kier alpha value is -3.40. The number of carbonyl (C=O) groups excluding carboxylic acids is 2. The van der Waals surface area contributed by atoms with Crippen LogP contribution in [0.2, 0.25) is 0 Å². The van der Waals surface area contributed by atoms with Crippen LogP contribution in [0.15, 0.2) is 72.8 Å². The summed E-state index contributed by atoms with van der Waals surface area (Å²) in [5.74, 6) is -0.0269. The van der Waals surface area contributed by atoms with E-state index in [9.17, 15) is 9.59 Å². The standard InChI is InChI=1S/C25H22N2O2/c1-15-12-13-21-20(14-15)22(26-24(28)17-8-4-3-5-9-17)16(2)23-18-10-6-7-11-19(18)25(29)27(21)23/h3-14,16,22-23H,1-2H3,(H,26,28)/t16-,22-,23-/m1/s1. The van der Waals surface area contributed by atoms with Gasteiger partial charge in [-0.25, -0.2) is 0 Å². The molecule has 5 rings (SSSR count). The molecule has 144 valence electrons. The summed E-state index contributed by atoms with van der Waals surface area (Å²) in [6.07, 6.45) is 0. The monoisotopic (exact) mass is 382 g/mol. The van der Waals surface area contributed by atoms with Crippen LogP contribution in [0.3, 0.4) is 0 Å². The first kappa shape index (κ1) is 17.7. The van der Waals surface area contributed by atoms with Crippen LogP contribution < -0.4 is 10.2 Å².